The number of halogens is 4. The molecule has 20 rings (SSSR count). The number of carboxylic acids is 1. The highest BCUT2D eigenvalue weighted by molar-refractivity contribution is 8.77. The fourth-order valence-corrected chi connectivity index (χ4v) is 27.7. The van der Waals surface area contributed by atoms with Gasteiger partial charge in [0.15, 0.2) is 0 Å². The number of phosphoric acid groups is 2. The van der Waals surface area contributed by atoms with Gasteiger partial charge in [0.25, 0.3) is 11.8 Å². The summed E-state index contributed by atoms with van der Waals surface area (Å²) < 4.78 is 57.4. The van der Waals surface area contributed by atoms with Crippen molar-refractivity contribution < 1.29 is 119 Å². The second-order valence-corrected chi connectivity index (χ2v) is 48.3. The summed E-state index contributed by atoms with van der Waals surface area (Å²) in [6.45, 7) is 5.80. The van der Waals surface area contributed by atoms with E-state index < -0.39 is 79.6 Å². The van der Waals surface area contributed by atoms with Crippen LogP contribution >= 0.6 is 105 Å². The number of carbonyl (C=O) groups is 12. The fourth-order valence-electron chi connectivity index (χ4n) is 21.7. The molecule has 6 heterocycles. The number of fused-ring (bicyclic) bond motifs is 12. The number of aromatic nitrogens is 1. The van der Waals surface area contributed by atoms with Crippen molar-refractivity contribution >= 4 is 243 Å². The van der Waals surface area contributed by atoms with Crippen LogP contribution in [0, 0.1) is 21.7 Å². The number of benzene rings is 8. The lowest BCUT2D eigenvalue weighted by atomic mass is 9.34. The molecule has 36 nitrogen and oxygen atoms in total. The maximum Gasteiger partial charge on any atom is 0.524 e. The average Bonchev–Trinajstić information content (AvgIpc) is 1.07. The van der Waals surface area contributed by atoms with E-state index in [0.29, 0.717) is 119 Å². The summed E-state index contributed by atoms with van der Waals surface area (Å²) in [6.07, 6.45) is 5.11. The molecule has 7 atom stereocenters. The number of nitrogens with one attached hydrogen (secondary N) is 1. The molecule has 46 heteroatoms. The molecule has 4 bridgehead atoms. The second-order valence-electron chi connectivity index (χ2n) is 39.2. The molecular weight excluding hydrogens is 2110 g/mol. The molecule has 11 amide bonds. The van der Waals surface area contributed by atoms with Crippen LogP contribution in [0.4, 0.5) is 41.9 Å². The summed E-state index contributed by atoms with van der Waals surface area (Å²) in [5.41, 5.74) is 2.18. The fraction of sp³-hybridized carbons (Fsp3) is 0.422. The van der Waals surface area contributed by atoms with E-state index in [1.54, 1.807) is 100 Å². The Morgan fingerprint density at radius 3 is 1.11 bits per heavy atom. The Hall–Kier alpha value is -10.8. The quantitative estimate of drug-likeness (QED) is 0.00685. The van der Waals surface area contributed by atoms with Gasteiger partial charge in [0, 0.05) is 221 Å². The van der Waals surface area contributed by atoms with E-state index in [1.165, 1.54) is 90.4 Å². The van der Waals surface area contributed by atoms with E-state index in [1.807, 2.05) is 91.9 Å². The van der Waals surface area contributed by atoms with Crippen LogP contribution in [0.1, 0.15) is 124 Å². The van der Waals surface area contributed by atoms with Gasteiger partial charge in [0.2, 0.25) is 29.5 Å². The number of aliphatic carboxylic acids is 1. The summed E-state index contributed by atoms with van der Waals surface area (Å²) in [7, 11) is 1.88. The molecule has 6 fully saturated rings. The first-order valence-corrected chi connectivity index (χ1v) is 57.9. The highest BCUT2D eigenvalue weighted by Crippen LogP contribution is 2.77. The van der Waals surface area contributed by atoms with Crippen molar-refractivity contribution in [3.8, 4) is 23.0 Å². The molecule has 6 N–H and O–H groups in total. The number of anilines is 4. The van der Waals surface area contributed by atoms with Crippen LogP contribution in [0.3, 0.4) is 0 Å². The molecule has 0 saturated heterocycles. The van der Waals surface area contributed by atoms with Crippen LogP contribution in [0.25, 0.3) is 43.1 Å². The minimum atomic E-state index is -4.97. The van der Waals surface area contributed by atoms with Crippen molar-refractivity contribution in [2.24, 2.45) is 21.7 Å². The molecule has 8 aromatic carbocycles. The minimum Gasteiger partial charge on any atom is -0.480 e. The monoisotopic (exact) mass is 2220 g/mol. The molecule has 1 aromatic heterocycles. The minimum absolute atomic E-state index is 0.00726. The number of rotatable bonds is 39. The number of alkyl halides is 4. The zero-order valence-corrected chi connectivity index (χ0v) is 89.4. The average molecular weight is 2220 g/mol. The Bertz CT molecular complexity index is 6880. The van der Waals surface area contributed by atoms with Crippen LogP contribution in [0.5, 0.6) is 23.0 Å². The molecule has 0 spiro atoms. The largest absolute Gasteiger partial charge is 0.524 e. The van der Waals surface area contributed by atoms with Crippen molar-refractivity contribution in [3.63, 3.8) is 0 Å². The van der Waals surface area contributed by atoms with Gasteiger partial charge in [-0.15, -0.1) is 46.4 Å². The molecule has 784 valence electrons. The van der Waals surface area contributed by atoms with Gasteiger partial charge in [0.1, 0.15) is 47.3 Å². The third-order valence-corrected chi connectivity index (χ3v) is 36.8. The van der Waals surface area contributed by atoms with Crippen LogP contribution < -0.4 is 43.4 Å². The molecule has 11 aliphatic rings. The van der Waals surface area contributed by atoms with Crippen LogP contribution in [-0.2, 0) is 57.0 Å². The number of unbranched alkanes of at least 4 members (excludes halogenated alkanes) is 2. The van der Waals surface area contributed by atoms with E-state index in [-0.39, 0.29) is 194 Å². The number of amides is 11. The standard InChI is InChI=1S/C55H61Cl2N6O15PS2.C47H48Cl2N5O10PS2/c1-32(81-80-28-39(49(67)68)58-44(64)15-5-4-10-18-61-45(65)16-17-46(61)66)27-76-52(71)59(2)19-20-60(3)53(72)77-42-21-40-47(37-13-8-6-11-35(37)42)33(23-56)25-62(40)50(69)54-29-55(30-54,31-54)51(70)63-26-34(24-57)48-38-14-9-7-12-36(38)43(22-41(48)63)78-79(73,74)75;1-28(66-67-39-14-8-9-15-50-39)24-62-44(57)51(2)16-17-52(3)45(58)63-37-18-35-40(33-12-6-4-10-31(33)37)29(20-48)22-53(35)42(55)46-25-47(26-46,27-46)43(56)54-23-30(21-49)41-34-13-7-5-11-32(34)38(19-36(41)54)64-65(59,60)61/h6-9,11-14,16-17,21-22,32-34,39H,4-5,10,15,18-20,23-31H2,1-3H3,(H,58,64)(H,67,68)(H2,73,74,75);4-15,18-19,28-30H,16-17,20-27H2,1-3H3,(H2,59,60,61)/t32-,33-,34-,39+,54?,55?;28-,29-,30-,46?,47?/m11/s1. The van der Waals surface area contributed by atoms with E-state index >= 15 is 0 Å². The number of likely N-dealkylation sites (N-methyl/N-ethyl adjacent to an activating group) is 4. The lowest BCUT2D eigenvalue weighted by Gasteiger charge is -2.69. The van der Waals surface area contributed by atoms with E-state index in [9.17, 15) is 91.3 Å². The van der Waals surface area contributed by atoms with Gasteiger partial charge in [-0.3, -0.25) is 58.0 Å². The van der Waals surface area contributed by atoms with Crippen molar-refractivity contribution in [1.29, 1.82) is 0 Å². The first-order valence-electron chi connectivity index (χ1n) is 48.1. The molecule has 5 aliphatic heterocycles. The second kappa shape index (κ2) is 44.6. The predicted octanol–water partition coefficient (Wildman–Crippen LogP) is 17.4. The van der Waals surface area contributed by atoms with E-state index in [4.69, 9.17) is 74.4 Å². The number of ether oxygens (including phenoxy) is 4. The van der Waals surface area contributed by atoms with Crippen molar-refractivity contribution in [2.75, 3.05) is 149 Å². The molecule has 0 radical (unpaired) electrons. The molecule has 6 saturated carbocycles. The zero-order valence-electron chi connectivity index (χ0n) is 81.3. The van der Waals surface area contributed by atoms with E-state index in [2.05, 4.69) is 10.3 Å². The Balaban J connectivity index is 0.000000205. The lowest BCUT2D eigenvalue weighted by molar-refractivity contribution is -0.205. The summed E-state index contributed by atoms with van der Waals surface area (Å²) in [6, 6.07) is 40.0. The van der Waals surface area contributed by atoms with Gasteiger partial charge in [-0.1, -0.05) is 142 Å². The molecule has 9 aromatic rings. The Morgan fingerprint density at radius 1 is 0.453 bits per heavy atom. The highest BCUT2D eigenvalue weighted by atomic mass is 35.5. The number of imide groups is 1. The number of pyridine rings is 1. The summed E-state index contributed by atoms with van der Waals surface area (Å²) in [5, 5.41) is 18.1. The number of carboxylic acid groups (broad SMARTS) is 1. The third kappa shape index (κ3) is 22.2. The molecular formula is C102H109Cl4N11O25P2S4. The number of hydrogen-bond acceptors (Lipinski definition) is 25. The third-order valence-electron chi connectivity index (χ3n) is 28.8. The number of carbonyl (C=O) groups excluding carboxylic acids is 11. The maximum atomic E-state index is 14.8. The first kappa shape index (κ1) is 108. The molecule has 0 unspecified atom stereocenters. The topological polar surface area (TPSA) is 450 Å². The van der Waals surface area contributed by atoms with Gasteiger partial charge < -0.3 is 77.6 Å². The van der Waals surface area contributed by atoms with Crippen LogP contribution in [0.2, 0.25) is 0 Å². The van der Waals surface area contributed by atoms with Crippen molar-refractivity contribution in [3.05, 3.63) is 180 Å². The Labute approximate surface area is 887 Å². The highest BCUT2D eigenvalue weighted by Gasteiger charge is 2.78. The zero-order chi connectivity index (χ0) is 106. The number of phosphoric ester groups is 2. The van der Waals surface area contributed by atoms with Crippen LogP contribution in [0.15, 0.2) is 163 Å². The van der Waals surface area contributed by atoms with Gasteiger partial charge in [0.05, 0.1) is 44.4 Å². The van der Waals surface area contributed by atoms with Crippen LogP contribution in [-0.4, -0.2) is 272 Å². The molecule has 6 aliphatic carbocycles. The van der Waals surface area contributed by atoms with Gasteiger partial charge >= 0.3 is 46.0 Å². The predicted molar refractivity (Wildman–Crippen MR) is 568 cm³/mol. The SMILES string of the molecule is C[C@H](COC(=O)N(C)CCN(C)C(=O)Oc1cc2c(c3ccccc13)[C@H](CCl)CN2C(=O)C12CC(C(=O)N3C[C@@H](CCl)c4c3cc(OP(=O)(O)O)c3ccccc43)(C1)C2)SSC[C@H](NC(=O)CCCCCN1C(=O)C=CC1=O)C(=O)O.C[C@H](COC(=O)N(C)CCN(C)C(=O)Oc1cc2c(c3ccccc13)[C@H](CCl)CN2C(=O)C12CC(C(=O)N3C[C@@H](CCl)c4c3cc(OP(=O)(O)O)c3ccccc43)(C1)C2)SSc1ccccn1. The van der Waals surface area contributed by atoms with E-state index in [0.717, 1.165) is 43.0 Å². The first-order chi connectivity index (χ1) is 70.6. The lowest BCUT2D eigenvalue weighted by Crippen LogP contribution is -2.73. The summed E-state index contributed by atoms with van der Waals surface area (Å²) >= 11 is 26.2. The summed E-state index contributed by atoms with van der Waals surface area (Å²) in [4.78, 5) is 216. The molecule has 148 heavy (non-hydrogen) atoms. The van der Waals surface area contributed by atoms with Gasteiger partial charge in [-0.25, -0.2) is 38.1 Å². The van der Waals surface area contributed by atoms with Crippen molar-refractivity contribution in [1.82, 2.24) is 34.8 Å². The number of nitrogens with zero attached hydrogens (tertiary/aromatic N) is 10. The smallest absolute Gasteiger partial charge is 0.480 e. The maximum absolute atomic E-state index is 14.8. The van der Waals surface area contributed by atoms with Gasteiger partial charge in [-0.2, -0.15) is 0 Å². The Morgan fingerprint density at radius 2 is 0.777 bits per heavy atom. The van der Waals surface area contributed by atoms with Gasteiger partial charge in [-0.05, 0) is 132 Å². The van der Waals surface area contributed by atoms with Crippen molar-refractivity contribution in [2.45, 2.75) is 123 Å². The normalized spacial score (nSPS) is 21.5. The summed E-state index contributed by atoms with van der Waals surface area (Å²) in [5.74, 6) is -2.67. The number of hydrogen-bond donors (Lipinski definition) is 6. The Kier molecular flexibility index (Phi) is 32.7.